The summed E-state index contributed by atoms with van der Waals surface area (Å²) in [7, 11) is 0. The van der Waals surface area contributed by atoms with Gasteiger partial charge in [-0.3, -0.25) is 9.69 Å². The topological polar surface area (TPSA) is 50.8 Å². The molecule has 2 aromatic rings. The second-order valence-corrected chi connectivity index (χ2v) is 7.75. The van der Waals surface area contributed by atoms with Gasteiger partial charge in [0.25, 0.3) is 0 Å². The zero-order valence-electron chi connectivity index (χ0n) is 16.7. The van der Waals surface area contributed by atoms with Crippen molar-refractivity contribution in [3.63, 3.8) is 0 Å². The van der Waals surface area contributed by atoms with Crippen LogP contribution in [0, 0.1) is 12.7 Å². The number of nitrogens with zero attached hydrogens (tertiary/aromatic N) is 1. The molecule has 1 atom stereocenters. The number of benzene rings is 2. The highest BCUT2D eigenvalue weighted by Gasteiger charge is 2.28. The molecule has 1 saturated heterocycles. The van der Waals surface area contributed by atoms with Gasteiger partial charge in [-0.05, 0) is 61.2 Å². The predicted octanol–water partition coefficient (Wildman–Crippen LogP) is 3.75. The number of hydrogen-bond donors (Lipinski definition) is 1. The average Bonchev–Trinajstić information content (AvgIpc) is 3.04. The first kappa shape index (κ1) is 19.7. The van der Waals surface area contributed by atoms with Crippen LogP contribution in [0.5, 0.6) is 11.5 Å². The van der Waals surface area contributed by atoms with Gasteiger partial charge in [-0.1, -0.05) is 18.2 Å². The van der Waals surface area contributed by atoms with E-state index in [9.17, 15) is 9.18 Å². The molecule has 1 fully saturated rings. The highest BCUT2D eigenvalue weighted by molar-refractivity contribution is 5.78. The second kappa shape index (κ2) is 8.82. The molecule has 2 aliphatic rings. The molecule has 2 aromatic carbocycles. The SMILES string of the molecule is Cc1ccc(CNC(=O)CN2CCCC2c2ccc3c(c2)OCCCO3)cc1F. The summed E-state index contributed by atoms with van der Waals surface area (Å²) in [6.45, 7) is 4.60. The van der Waals surface area contributed by atoms with Crippen molar-refractivity contribution >= 4 is 5.91 Å². The molecule has 4 rings (SSSR count). The van der Waals surface area contributed by atoms with Crippen molar-refractivity contribution in [2.75, 3.05) is 26.3 Å². The molecular weight excluding hydrogens is 371 g/mol. The maximum atomic E-state index is 13.7. The first-order valence-corrected chi connectivity index (χ1v) is 10.3. The fraction of sp³-hybridized carbons (Fsp3) is 0.435. The maximum Gasteiger partial charge on any atom is 0.234 e. The van der Waals surface area contributed by atoms with Crippen molar-refractivity contribution in [2.45, 2.75) is 38.8 Å². The molecular formula is C23H27FN2O3. The number of amides is 1. The lowest BCUT2D eigenvalue weighted by atomic mass is 10.0. The molecule has 0 saturated carbocycles. The van der Waals surface area contributed by atoms with E-state index in [4.69, 9.17) is 9.47 Å². The van der Waals surface area contributed by atoms with Gasteiger partial charge in [0, 0.05) is 19.0 Å². The number of rotatable bonds is 5. The van der Waals surface area contributed by atoms with E-state index in [1.807, 2.05) is 12.1 Å². The molecule has 1 N–H and O–H groups in total. The lowest BCUT2D eigenvalue weighted by Crippen LogP contribution is -2.36. The lowest BCUT2D eigenvalue weighted by Gasteiger charge is -2.25. The fourth-order valence-corrected chi connectivity index (χ4v) is 3.97. The van der Waals surface area contributed by atoms with Gasteiger partial charge in [0.1, 0.15) is 5.82 Å². The average molecular weight is 398 g/mol. The van der Waals surface area contributed by atoms with Crippen molar-refractivity contribution in [3.05, 3.63) is 58.9 Å². The minimum Gasteiger partial charge on any atom is -0.490 e. The molecule has 0 radical (unpaired) electrons. The Morgan fingerprint density at radius 2 is 1.97 bits per heavy atom. The predicted molar refractivity (Wildman–Crippen MR) is 109 cm³/mol. The number of ether oxygens (including phenoxy) is 2. The summed E-state index contributed by atoms with van der Waals surface area (Å²) in [5.74, 6) is 1.29. The van der Waals surface area contributed by atoms with Gasteiger partial charge >= 0.3 is 0 Å². The van der Waals surface area contributed by atoms with Crippen LogP contribution in [0.4, 0.5) is 4.39 Å². The smallest absolute Gasteiger partial charge is 0.234 e. The Kier molecular flexibility index (Phi) is 6.00. The quantitative estimate of drug-likeness (QED) is 0.834. The summed E-state index contributed by atoms with van der Waals surface area (Å²) < 4.78 is 25.2. The van der Waals surface area contributed by atoms with Crippen molar-refractivity contribution in [2.24, 2.45) is 0 Å². The fourth-order valence-electron chi connectivity index (χ4n) is 3.97. The minimum absolute atomic E-state index is 0.0489. The number of carbonyl (C=O) groups excluding carboxylic acids is 1. The summed E-state index contributed by atoms with van der Waals surface area (Å²) in [4.78, 5) is 14.7. The largest absolute Gasteiger partial charge is 0.490 e. The van der Waals surface area contributed by atoms with Crippen LogP contribution in [0.2, 0.25) is 0 Å². The van der Waals surface area contributed by atoms with E-state index in [0.29, 0.717) is 31.9 Å². The normalized spacial score (nSPS) is 19.0. The Morgan fingerprint density at radius 3 is 2.79 bits per heavy atom. The van der Waals surface area contributed by atoms with Gasteiger partial charge in [-0.15, -0.1) is 0 Å². The number of fused-ring (bicyclic) bond motifs is 1. The number of halogens is 1. The van der Waals surface area contributed by atoms with Gasteiger partial charge in [0.05, 0.1) is 19.8 Å². The van der Waals surface area contributed by atoms with Crippen LogP contribution in [0.1, 0.15) is 42.0 Å². The number of aryl methyl sites for hydroxylation is 1. The molecule has 0 spiro atoms. The third kappa shape index (κ3) is 4.70. The van der Waals surface area contributed by atoms with Crippen molar-refractivity contribution < 1.29 is 18.7 Å². The van der Waals surface area contributed by atoms with Crippen LogP contribution in [0.25, 0.3) is 0 Å². The van der Waals surface area contributed by atoms with Gasteiger partial charge in [0.2, 0.25) is 5.91 Å². The minimum atomic E-state index is -0.245. The van der Waals surface area contributed by atoms with Crippen LogP contribution < -0.4 is 14.8 Å². The van der Waals surface area contributed by atoms with E-state index in [1.54, 1.807) is 13.0 Å². The van der Waals surface area contributed by atoms with Gasteiger partial charge in [-0.2, -0.15) is 0 Å². The maximum absolute atomic E-state index is 13.7. The van der Waals surface area contributed by atoms with Crippen LogP contribution >= 0.6 is 0 Å². The molecule has 1 amide bonds. The summed E-state index contributed by atoms with van der Waals surface area (Å²) in [5.41, 5.74) is 2.53. The van der Waals surface area contributed by atoms with Crippen LogP contribution in [0.15, 0.2) is 36.4 Å². The van der Waals surface area contributed by atoms with Gasteiger partial charge < -0.3 is 14.8 Å². The third-order valence-corrected chi connectivity index (χ3v) is 5.59. The van der Waals surface area contributed by atoms with Gasteiger partial charge in [0.15, 0.2) is 11.5 Å². The lowest BCUT2D eigenvalue weighted by molar-refractivity contribution is -0.122. The molecule has 29 heavy (non-hydrogen) atoms. The van der Waals surface area contributed by atoms with Crippen LogP contribution in [-0.2, 0) is 11.3 Å². The summed E-state index contributed by atoms with van der Waals surface area (Å²) in [5, 5.41) is 2.91. The summed E-state index contributed by atoms with van der Waals surface area (Å²) in [6, 6.07) is 11.3. The van der Waals surface area contributed by atoms with E-state index in [1.165, 1.54) is 6.07 Å². The first-order valence-electron chi connectivity index (χ1n) is 10.3. The molecule has 154 valence electrons. The van der Waals surface area contributed by atoms with E-state index >= 15 is 0 Å². The molecule has 2 aliphatic heterocycles. The molecule has 0 aliphatic carbocycles. The molecule has 2 heterocycles. The first-order chi connectivity index (χ1) is 14.1. The highest BCUT2D eigenvalue weighted by atomic mass is 19.1. The van der Waals surface area contributed by atoms with Crippen LogP contribution in [-0.4, -0.2) is 37.1 Å². The van der Waals surface area contributed by atoms with Crippen LogP contribution in [0.3, 0.4) is 0 Å². The third-order valence-electron chi connectivity index (χ3n) is 5.59. The molecule has 6 heteroatoms. The number of likely N-dealkylation sites (tertiary alicyclic amines) is 1. The summed E-state index contributed by atoms with van der Waals surface area (Å²) in [6.07, 6.45) is 2.94. The Morgan fingerprint density at radius 1 is 1.14 bits per heavy atom. The second-order valence-electron chi connectivity index (χ2n) is 7.75. The zero-order valence-corrected chi connectivity index (χ0v) is 16.7. The Hall–Kier alpha value is -2.60. The Balaban J connectivity index is 1.37. The highest BCUT2D eigenvalue weighted by Crippen LogP contribution is 2.37. The summed E-state index contributed by atoms with van der Waals surface area (Å²) >= 11 is 0. The molecule has 0 aromatic heterocycles. The van der Waals surface area contributed by atoms with E-state index in [0.717, 1.165) is 48.4 Å². The number of nitrogens with one attached hydrogen (secondary N) is 1. The molecule has 0 bridgehead atoms. The van der Waals surface area contributed by atoms with E-state index in [-0.39, 0.29) is 17.8 Å². The van der Waals surface area contributed by atoms with Crippen molar-refractivity contribution in [1.82, 2.24) is 10.2 Å². The number of hydrogen-bond acceptors (Lipinski definition) is 4. The standard InChI is InChI=1S/C23H27FN2O3/c1-16-5-6-17(12-19(16)24)14-25-23(27)15-26-9-2-4-20(26)18-7-8-21-22(13-18)29-11-3-10-28-21/h5-8,12-13,20H,2-4,9-11,14-15H2,1H3,(H,25,27). The van der Waals surface area contributed by atoms with E-state index < -0.39 is 0 Å². The zero-order chi connectivity index (χ0) is 20.2. The monoisotopic (exact) mass is 398 g/mol. The number of carbonyl (C=O) groups is 1. The Bertz CT molecular complexity index is 886. The van der Waals surface area contributed by atoms with E-state index in [2.05, 4.69) is 22.3 Å². The van der Waals surface area contributed by atoms with Crippen molar-refractivity contribution in [3.8, 4) is 11.5 Å². The molecule has 5 nitrogen and oxygen atoms in total. The van der Waals surface area contributed by atoms with Crippen molar-refractivity contribution in [1.29, 1.82) is 0 Å². The molecule has 1 unspecified atom stereocenters. The van der Waals surface area contributed by atoms with Gasteiger partial charge in [-0.25, -0.2) is 4.39 Å². The Labute approximate surface area is 170 Å².